The Kier molecular flexibility index (Phi) is 9.62. The van der Waals surface area contributed by atoms with Crippen LogP contribution in [0.5, 0.6) is 0 Å². The highest BCUT2D eigenvalue weighted by Crippen LogP contribution is 2.32. The normalized spacial score (nSPS) is 12.3. The molecule has 0 atom stereocenters. The SMILES string of the molecule is CC(C)(C)c1ccccc1-c1ccccc1.Cc1ccc(C(C)(C)C)cc1.[2H]c1cc([2H])c(C(C)(C)C)c(C)c1. The lowest BCUT2D eigenvalue weighted by atomic mass is 9.82. The first-order valence-electron chi connectivity index (χ1n) is 14.7. The molecule has 0 saturated carbocycles. The standard InChI is InChI=1S/C16H18.2C11H16/c1-16(2,3)15-12-8-7-11-14(15)13-9-5-4-6-10-13;1-9-5-7-10(8-6-9)11(2,3)4;1-9-7-5-6-8-10(9)11(2,3)4/h4-12H,1-3H3;2*5-8H,1-4H3/i;;5D,8D. The predicted molar refractivity (Wildman–Crippen MR) is 170 cm³/mol. The fourth-order valence-electron chi connectivity index (χ4n) is 4.33. The molecule has 0 fully saturated rings. The van der Waals surface area contributed by atoms with E-state index in [1.807, 2.05) is 13.0 Å². The lowest BCUT2D eigenvalue weighted by Gasteiger charge is -2.23. The third-order valence-electron chi connectivity index (χ3n) is 6.48. The van der Waals surface area contributed by atoms with Crippen LogP contribution in [-0.2, 0) is 16.2 Å². The monoisotopic (exact) mass is 508 g/mol. The third kappa shape index (κ3) is 9.64. The van der Waals surface area contributed by atoms with Crippen molar-refractivity contribution < 1.29 is 2.74 Å². The third-order valence-corrected chi connectivity index (χ3v) is 6.48. The Morgan fingerprint density at radius 3 is 1.53 bits per heavy atom. The minimum Gasteiger partial charge on any atom is -0.0622 e. The maximum atomic E-state index is 7.79. The molecule has 0 spiro atoms. The van der Waals surface area contributed by atoms with Crippen molar-refractivity contribution in [3.8, 4) is 11.1 Å². The molecule has 0 aliphatic carbocycles. The highest BCUT2D eigenvalue weighted by Gasteiger charge is 2.18. The van der Waals surface area contributed by atoms with Crippen molar-refractivity contribution in [3.63, 3.8) is 0 Å². The van der Waals surface area contributed by atoms with Crippen molar-refractivity contribution in [2.45, 2.75) is 92.4 Å². The number of benzene rings is 4. The molecule has 0 amide bonds. The summed E-state index contributed by atoms with van der Waals surface area (Å²) in [6, 6.07) is 32.3. The molecule has 38 heavy (non-hydrogen) atoms. The highest BCUT2D eigenvalue weighted by atomic mass is 14.2. The summed E-state index contributed by atoms with van der Waals surface area (Å²) in [4.78, 5) is 0. The maximum Gasteiger partial charge on any atom is 0.0626 e. The van der Waals surface area contributed by atoms with Gasteiger partial charge in [0.1, 0.15) is 0 Å². The van der Waals surface area contributed by atoms with Crippen LogP contribution in [0.1, 0.15) is 92.9 Å². The lowest BCUT2D eigenvalue weighted by Crippen LogP contribution is -2.12. The van der Waals surface area contributed by atoms with Gasteiger partial charge in [0.25, 0.3) is 0 Å². The summed E-state index contributed by atoms with van der Waals surface area (Å²) >= 11 is 0. The molecular weight excluding hydrogens is 456 g/mol. The topological polar surface area (TPSA) is 0 Å². The first kappa shape index (κ1) is 27.9. The van der Waals surface area contributed by atoms with Crippen molar-refractivity contribution in [1.29, 1.82) is 0 Å². The second-order valence-electron chi connectivity index (χ2n) is 13.2. The minimum absolute atomic E-state index is 0.00509. The van der Waals surface area contributed by atoms with Crippen molar-refractivity contribution in [1.82, 2.24) is 0 Å². The summed E-state index contributed by atoms with van der Waals surface area (Å²) in [6.07, 6.45) is 0. The van der Waals surface area contributed by atoms with Gasteiger partial charge in [0.05, 0.1) is 2.74 Å². The first-order chi connectivity index (χ1) is 18.4. The summed E-state index contributed by atoms with van der Waals surface area (Å²) in [5, 5.41) is 0. The van der Waals surface area contributed by atoms with E-state index in [4.69, 9.17) is 2.74 Å². The Labute approximate surface area is 237 Å². The maximum absolute atomic E-state index is 7.79. The molecule has 0 aliphatic rings. The fraction of sp³-hybridized carbons (Fsp3) is 0.368. The van der Waals surface area contributed by atoms with Crippen LogP contribution in [0.2, 0.25) is 0 Å². The van der Waals surface area contributed by atoms with Crippen LogP contribution >= 0.6 is 0 Å². The van der Waals surface area contributed by atoms with Crippen LogP contribution in [0.25, 0.3) is 11.1 Å². The molecule has 0 heterocycles. The van der Waals surface area contributed by atoms with Gasteiger partial charge in [-0.1, -0.05) is 171 Å². The van der Waals surface area contributed by atoms with Gasteiger partial charge in [-0.05, 0) is 63.5 Å². The van der Waals surface area contributed by atoms with Gasteiger partial charge in [0.15, 0.2) is 0 Å². The molecule has 0 nitrogen and oxygen atoms in total. The van der Waals surface area contributed by atoms with E-state index in [0.29, 0.717) is 12.1 Å². The lowest BCUT2D eigenvalue weighted by molar-refractivity contribution is 0.586. The Bertz CT molecular complexity index is 1320. The van der Waals surface area contributed by atoms with Crippen molar-refractivity contribution in [3.05, 3.63) is 131 Å². The van der Waals surface area contributed by atoms with E-state index < -0.39 is 0 Å². The van der Waals surface area contributed by atoms with E-state index in [0.717, 1.165) is 11.1 Å². The van der Waals surface area contributed by atoms with Crippen molar-refractivity contribution in [2.24, 2.45) is 0 Å². The number of rotatable bonds is 1. The fourth-order valence-corrected chi connectivity index (χ4v) is 4.33. The molecule has 0 N–H and O–H groups in total. The zero-order valence-electron chi connectivity index (χ0n) is 27.7. The van der Waals surface area contributed by atoms with E-state index in [9.17, 15) is 0 Å². The van der Waals surface area contributed by atoms with Gasteiger partial charge in [-0.15, -0.1) is 0 Å². The van der Waals surface area contributed by atoms with Gasteiger partial charge in [-0.25, -0.2) is 0 Å². The van der Waals surface area contributed by atoms with Crippen LogP contribution in [0.3, 0.4) is 0 Å². The molecule has 0 aliphatic heterocycles. The molecule has 0 radical (unpaired) electrons. The molecule has 0 aromatic heterocycles. The summed E-state index contributed by atoms with van der Waals surface area (Å²) in [5.41, 5.74) is 9.34. The van der Waals surface area contributed by atoms with Gasteiger partial charge in [-0.2, -0.15) is 0 Å². The van der Waals surface area contributed by atoms with Crippen LogP contribution in [-0.4, -0.2) is 0 Å². The van der Waals surface area contributed by atoms with Crippen LogP contribution < -0.4 is 0 Å². The van der Waals surface area contributed by atoms with Crippen LogP contribution in [0, 0.1) is 13.8 Å². The molecular formula is C38H50. The zero-order valence-corrected chi connectivity index (χ0v) is 25.7. The summed E-state index contributed by atoms with van der Waals surface area (Å²) in [6.45, 7) is 23.8. The Morgan fingerprint density at radius 2 is 1.03 bits per heavy atom. The van der Waals surface area contributed by atoms with Gasteiger partial charge in [0, 0.05) is 0 Å². The minimum atomic E-state index is -0.00509. The van der Waals surface area contributed by atoms with E-state index in [-0.39, 0.29) is 16.2 Å². The van der Waals surface area contributed by atoms with Crippen LogP contribution in [0.4, 0.5) is 0 Å². The predicted octanol–water partition coefficient (Wildman–Crippen LogP) is 11.2. The molecule has 0 saturated heterocycles. The molecule has 4 aromatic rings. The van der Waals surface area contributed by atoms with Crippen molar-refractivity contribution >= 4 is 0 Å². The Hall–Kier alpha value is -3.12. The van der Waals surface area contributed by atoms with E-state index in [2.05, 4.69) is 148 Å². The molecule has 0 unspecified atom stereocenters. The summed E-state index contributed by atoms with van der Waals surface area (Å²) in [7, 11) is 0. The second kappa shape index (κ2) is 13.1. The van der Waals surface area contributed by atoms with Gasteiger partial charge < -0.3 is 0 Å². The summed E-state index contributed by atoms with van der Waals surface area (Å²) in [5.74, 6) is 0. The molecule has 202 valence electrons. The molecule has 0 bridgehead atoms. The molecule has 4 rings (SSSR count). The first-order valence-corrected chi connectivity index (χ1v) is 13.7. The van der Waals surface area contributed by atoms with Gasteiger partial charge >= 0.3 is 0 Å². The largest absolute Gasteiger partial charge is 0.0626 e. The number of aryl methyl sites for hydroxylation is 2. The average Bonchev–Trinajstić information content (AvgIpc) is 2.83. The van der Waals surface area contributed by atoms with E-state index >= 15 is 0 Å². The van der Waals surface area contributed by atoms with E-state index in [1.54, 1.807) is 6.07 Å². The molecule has 4 aromatic carbocycles. The quantitative estimate of drug-likeness (QED) is 0.240. The van der Waals surface area contributed by atoms with Gasteiger partial charge in [0.2, 0.25) is 0 Å². The second-order valence-corrected chi connectivity index (χ2v) is 13.2. The Balaban J connectivity index is 0.000000214. The molecule has 0 heteroatoms. The smallest absolute Gasteiger partial charge is 0.0622 e. The highest BCUT2D eigenvalue weighted by molar-refractivity contribution is 5.68. The zero-order chi connectivity index (χ0) is 30.3. The average molecular weight is 509 g/mol. The Morgan fingerprint density at radius 1 is 0.500 bits per heavy atom. The number of hydrogen-bond donors (Lipinski definition) is 0. The van der Waals surface area contributed by atoms with Gasteiger partial charge in [-0.3, -0.25) is 0 Å². The van der Waals surface area contributed by atoms with Crippen LogP contribution in [0.15, 0.2) is 103 Å². The number of hydrogen-bond acceptors (Lipinski definition) is 0. The summed E-state index contributed by atoms with van der Waals surface area (Å²) < 4.78 is 15.2. The van der Waals surface area contributed by atoms with Crippen molar-refractivity contribution in [2.75, 3.05) is 0 Å². The van der Waals surface area contributed by atoms with E-state index in [1.165, 1.54) is 27.8 Å².